The SMILES string of the molecule is CC=CCOc1ccc(Br)cc1[C@H](C)N. The summed E-state index contributed by atoms with van der Waals surface area (Å²) in [7, 11) is 0. The van der Waals surface area contributed by atoms with E-state index >= 15 is 0 Å². The summed E-state index contributed by atoms with van der Waals surface area (Å²) in [6.45, 7) is 4.50. The van der Waals surface area contributed by atoms with E-state index in [1.54, 1.807) is 0 Å². The van der Waals surface area contributed by atoms with Gasteiger partial charge in [0, 0.05) is 16.1 Å². The molecule has 3 heteroatoms. The zero-order valence-corrected chi connectivity index (χ0v) is 10.6. The summed E-state index contributed by atoms with van der Waals surface area (Å²) in [4.78, 5) is 0. The smallest absolute Gasteiger partial charge is 0.124 e. The molecule has 1 rings (SSSR count). The molecule has 0 aromatic heterocycles. The Labute approximate surface area is 99.3 Å². The van der Waals surface area contributed by atoms with Crippen molar-refractivity contribution in [2.45, 2.75) is 19.9 Å². The maximum atomic E-state index is 5.87. The van der Waals surface area contributed by atoms with Gasteiger partial charge in [0.25, 0.3) is 0 Å². The molecule has 0 aliphatic rings. The summed E-state index contributed by atoms with van der Waals surface area (Å²) in [5, 5.41) is 0. The maximum absolute atomic E-state index is 5.87. The zero-order chi connectivity index (χ0) is 11.3. The van der Waals surface area contributed by atoms with Crippen LogP contribution in [0.5, 0.6) is 5.75 Å². The summed E-state index contributed by atoms with van der Waals surface area (Å²) in [5.74, 6) is 0.853. The van der Waals surface area contributed by atoms with Crippen molar-refractivity contribution in [3.63, 3.8) is 0 Å². The van der Waals surface area contributed by atoms with Gasteiger partial charge in [0.15, 0.2) is 0 Å². The lowest BCUT2D eigenvalue weighted by Gasteiger charge is -2.13. The van der Waals surface area contributed by atoms with E-state index in [2.05, 4.69) is 15.9 Å². The normalized spacial score (nSPS) is 13.1. The van der Waals surface area contributed by atoms with E-state index in [9.17, 15) is 0 Å². The molecule has 0 heterocycles. The second-order valence-corrected chi connectivity index (χ2v) is 4.27. The first-order chi connectivity index (χ1) is 7.15. The molecule has 15 heavy (non-hydrogen) atoms. The van der Waals surface area contributed by atoms with E-state index in [0.29, 0.717) is 6.61 Å². The highest BCUT2D eigenvalue weighted by atomic mass is 79.9. The van der Waals surface area contributed by atoms with Gasteiger partial charge in [0.1, 0.15) is 12.4 Å². The standard InChI is InChI=1S/C12H16BrNO/c1-3-4-7-15-12-6-5-10(13)8-11(12)9(2)14/h3-6,8-9H,7,14H2,1-2H3/t9-/m0/s1. The Morgan fingerprint density at radius 3 is 2.87 bits per heavy atom. The minimum atomic E-state index is -0.0249. The number of benzene rings is 1. The van der Waals surface area contributed by atoms with Crippen LogP contribution in [0.25, 0.3) is 0 Å². The van der Waals surface area contributed by atoms with Crippen LogP contribution >= 0.6 is 15.9 Å². The van der Waals surface area contributed by atoms with Crippen molar-refractivity contribution in [3.05, 3.63) is 40.4 Å². The van der Waals surface area contributed by atoms with Crippen LogP contribution in [-0.4, -0.2) is 6.61 Å². The Bertz CT molecular complexity index is 347. The Kier molecular flexibility index (Phi) is 4.85. The van der Waals surface area contributed by atoms with Crippen molar-refractivity contribution in [1.82, 2.24) is 0 Å². The topological polar surface area (TPSA) is 35.2 Å². The molecule has 0 saturated carbocycles. The van der Waals surface area contributed by atoms with Gasteiger partial charge in [-0.3, -0.25) is 0 Å². The fourth-order valence-corrected chi connectivity index (χ4v) is 1.62. The van der Waals surface area contributed by atoms with Crippen LogP contribution in [0.2, 0.25) is 0 Å². The number of allylic oxidation sites excluding steroid dienone is 1. The molecule has 0 spiro atoms. The van der Waals surface area contributed by atoms with Gasteiger partial charge in [0.2, 0.25) is 0 Å². The first-order valence-corrected chi connectivity index (χ1v) is 5.73. The Hall–Kier alpha value is -0.800. The molecule has 0 fully saturated rings. The lowest BCUT2D eigenvalue weighted by molar-refractivity contribution is 0.356. The third-order valence-corrected chi connectivity index (χ3v) is 2.53. The highest BCUT2D eigenvalue weighted by molar-refractivity contribution is 9.10. The van der Waals surface area contributed by atoms with E-state index in [1.807, 2.05) is 44.2 Å². The minimum Gasteiger partial charge on any atom is -0.489 e. The molecule has 0 aliphatic carbocycles. The maximum Gasteiger partial charge on any atom is 0.124 e. The molecule has 1 atom stereocenters. The third kappa shape index (κ3) is 3.68. The molecule has 82 valence electrons. The van der Waals surface area contributed by atoms with E-state index in [0.717, 1.165) is 15.8 Å². The minimum absolute atomic E-state index is 0.0249. The average Bonchev–Trinajstić information content (AvgIpc) is 2.20. The molecule has 0 unspecified atom stereocenters. The Morgan fingerprint density at radius 2 is 2.27 bits per heavy atom. The highest BCUT2D eigenvalue weighted by Crippen LogP contribution is 2.27. The number of nitrogens with two attached hydrogens (primary N) is 1. The molecular formula is C12H16BrNO. The molecule has 2 N–H and O–H groups in total. The van der Waals surface area contributed by atoms with Crippen molar-refractivity contribution < 1.29 is 4.74 Å². The van der Waals surface area contributed by atoms with Gasteiger partial charge in [-0.2, -0.15) is 0 Å². The lowest BCUT2D eigenvalue weighted by atomic mass is 10.1. The molecule has 0 radical (unpaired) electrons. The molecule has 1 aromatic rings. The molecular weight excluding hydrogens is 254 g/mol. The van der Waals surface area contributed by atoms with Gasteiger partial charge >= 0.3 is 0 Å². The van der Waals surface area contributed by atoms with Gasteiger partial charge < -0.3 is 10.5 Å². The summed E-state index contributed by atoms with van der Waals surface area (Å²) < 4.78 is 6.63. The number of hydrogen-bond donors (Lipinski definition) is 1. The first kappa shape index (κ1) is 12.3. The van der Waals surface area contributed by atoms with E-state index < -0.39 is 0 Å². The van der Waals surface area contributed by atoms with Crippen molar-refractivity contribution in [2.75, 3.05) is 6.61 Å². The number of ether oxygens (including phenoxy) is 1. The van der Waals surface area contributed by atoms with E-state index in [-0.39, 0.29) is 6.04 Å². The summed E-state index contributed by atoms with van der Waals surface area (Å²) >= 11 is 3.42. The fraction of sp³-hybridized carbons (Fsp3) is 0.333. The zero-order valence-electron chi connectivity index (χ0n) is 9.03. The highest BCUT2D eigenvalue weighted by Gasteiger charge is 2.07. The van der Waals surface area contributed by atoms with Crippen LogP contribution in [0.4, 0.5) is 0 Å². The van der Waals surface area contributed by atoms with Crippen LogP contribution in [-0.2, 0) is 0 Å². The number of rotatable bonds is 4. The quantitative estimate of drug-likeness (QED) is 0.851. The molecule has 2 nitrogen and oxygen atoms in total. The third-order valence-electron chi connectivity index (χ3n) is 2.03. The average molecular weight is 270 g/mol. The van der Waals surface area contributed by atoms with Crippen LogP contribution in [0.15, 0.2) is 34.8 Å². The first-order valence-electron chi connectivity index (χ1n) is 4.94. The Balaban J connectivity index is 2.85. The van der Waals surface area contributed by atoms with E-state index in [1.165, 1.54) is 0 Å². The van der Waals surface area contributed by atoms with Gasteiger partial charge in [-0.15, -0.1) is 0 Å². The second-order valence-electron chi connectivity index (χ2n) is 3.35. The van der Waals surface area contributed by atoms with Crippen molar-refractivity contribution >= 4 is 15.9 Å². The molecule has 0 aliphatic heterocycles. The van der Waals surface area contributed by atoms with Crippen LogP contribution in [0.1, 0.15) is 25.5 Å². The van der Waals surface area contributed by atoms with Gasteiger partial charge in [0.05, 0.1) is 0 Å². The largest absolute Gasteiger partial charge is 0.489 e. The summed E-state index contributed by atoms with van der Waals surface area (Å²) in [6, 6.07) is 5.86. The predicted octanol–water partition coefficient (Wildman–Crippen LogP) is 3.42. The van der Waals surface area contributed by atoms with Crippen molar-refractivity contribution in [1.29, 1.82) is 0 Å². The van der Waals surface area contributed by atoms with Crippen LogP contribution in [0, 0.1) is 0 Å². The lowest BCUT2D eigenvalue weighted by Crippen LogP contribution is -2.08. The predicted molar refractivity (Wildman–Crippen MR) is 67.1 cm³/mol. The van der Waals surface area contributed by atoms with Crippen molar-refractivity contribution in [2.24, 2.45) is 5.73 Å². The Morgan fingerprint density at radius 1 is 1.53 bits per heavy atom. The van der Waals surface area contributed by atoms with Crippen LogP contribution in [0.3, 0.4) is 0 Å². The van der Waals surface area contributed by atoms with Gasteiger partial charge in [-0.05, 0) is 32.0 Å². The molecule has 0 bridgehead atoms. The van der Waals surface area contributed by atoms with Crippen molar-refractivity contribution in [3.8, 4) is 5.75 Å². The molecule has 0 saturated heterocycles. The summed E-state index contributed by atoms with van der Waals surface area (Å²) in [6.07, 6.45) is 3.93. The number of hydrogen-bond acceptors (Lipinski definition) is 2. The monoisotopic (exact) mass is 269 g/mol. The number of halogens is 1. The van der Waals surface area contributed by atoms with Gasteiger partial charge in [-0.1, -0.05) is 28.1 Å². The molecule has 1 aromatic carbocycles. The van der Waals surface area contributed by atoms with Crippen LogP contribution < -0.4 is 10.5 Å². The van der Waals surface area contributed by atoms with Gasteiger partial charge in [-0.25, -0.2) is 0 Å². The fourth-order valence-electron chi connectivity index (χ4n) is 1.24. The summed E-state index contributed by atoms with van der Waals surface area (Å²) in [5.41, 5.74) is 6.89. The van der Waals surface area contributed by atoms with E-state index in [4.69, 9.17) is 10.5 Å². The molecule has 0 amide bonds. The second kappa shape index (κ2) is 5.93.